The second-order valence-electron chi connectivity index (χ2n) is 3.99. The van der Waals surface area contributed by atoms with Gasteiger partial charge in [0.25, 0.3) is 0 Å². The number of rotatable bonds is 5. The summed E-state index contributed by atoms with van der Waals surface area (Å²) in [5, 5.41) is 4.23. The van der Waals surface area contributed by atoms with E-state index in [-0.39, 0.29) is 0 Å². The molecular weight excluding hydrogens is 286 g/mol. The molecular formula is C13H17BrClN. The highest BCUT2D eigenvalue weighted by Crippen LogP contribution is 2.29. The van der Waals surface area contributed by atoms with E-state index in [2.05, 4.69) is 34.7 Å². The Bertz CT molecular complexity index is 376. The molecule has 0 aromatic heterocycles. The molecule has 0 aliphatic carbocycles. The number of nitrogens with one attached hydrogen (secondary N) is 1. The minimum absolute atomic E-state index is 0.410. The molecule has 88 valence electrons. The lowest BCUT2D eigenvalue weighted by Crippen LogP contribution is -2.14. The molecule has 3 heteroatoms. The molecule has 0 fully saturated rings. The van der Waals surface area contributed by atoms with Crippen LogP contribution in [0.3, 0.4) is 0 Å². The van der Waals surface area contributed by atoms with Crippen LogP contribution in [0.5, 0.6) is 0 Å². The number of hydrogen-bond acceptors (Lipinski definition) is 1. The zero-order chi connectivity index (χ0) is 12.1. The van der Waals surface area contributed by atoms with Crippen molar-refractivity contribution in [3.63, 3.8) is 0 Å². The van der Waals surface area contributed by atoms with Crippen molar-refractivity contribution in [2.24, 2.45) is 0 Å². The summed E-state index contributed by atoms with van der Waals surface area (Å²) < 4.78 is 1.06. The third-order valence-corrected chi connectivity index (χ3v) is 3.52. The predicted molar refractivity (Wildman–Crippen MR) is 76.4 cm³/mol. The summed E-state index contributed by atoms with van der Waals surface area (Å²) in [6, 6.07) is 4.41. The van der Waals surface area contributed by atoms with Crippen LogP contribution in [0.2, 0.25) is 5.02 Å². The van der Waals surface area contributed by atoms with E-state index in [4.69, 9.17) is 11.6 Å². The SMILES string of the molecule is C=CCCC(C)Nc1cc(Cl)c(C)cc1Br. The van der Waals surface area contributed by atoms with E-state index in [1.165, 1.54) is 0 Å². The first-order valence-electron chi connectivity index (χ1n) is 5.37. The monoisotopic (exact) mass is 301 g/mol. The summed E-state index contributed by atoms with van der Waals surface area (Å²) in [4.78, 5) is 0. The lowest BCUT2D eigenvalue weighted by atomic mass is 10.1. The molecule has 0 saturated carbocycles. The van der Waals surface area contributed by atoms with Gasteiger partial charge in [-0.3, -0.25) is 0 Å². The summed E-state index contributed by atoms with van der Waals surface area (Å²) in [6.07, 6.45) is 4.03. The Morgan fingerprint density at radius 2 is 2.25 bits per heavy atom. The molecule has 0 amide bonds. The highest BCUT2D eigenvalue weighted by atomic mass is 79.9. The molecule has 0 aliphatic rings. The molecule has 0 bridgehead atoms. The molecule has 16 heavy (non-hydrogen) atoms. The number of hydrogen-bond donors (Lipinski definition) is 1. The molecule has 0 saturated heterocycles. The molecule has 1 aromatic carbocycles. The maximum atomic E-state index is 6.10. The quantitative estimate of drug-likeness (QED) is 0.739. The van der Waals surface area contributed by atoms with E-state index in [0.29, 0.717) is 6.04 Å². The fourth-order valence-electron chi connectivity index (χ4n) is 1.46. The largest absolute Gasteiger partial charge is 0.382 e. The van der Waals surface area contributed by atoms with Crippen molar-refractivity contribution in [1.82, 2.24) is 0 Å². The van der Waals surface area contributed by atoms with Gasteiger partial charge in [0.2, 0.25) is 0 Å². The fourth-order valence-corrected chi connectivity index (χ4v) is 2.20. The third kappa shape index (κ3) is 3.84. The number of anilines is 1. The molecule has 1 unspecified atom stereocenters. The van der Waals surface area contributed by atoms with E-state index in [1.54, 1.807) is 0 Å². The van der Waals surface area contributed by atoms with Crippen LogP contribution in [0.25, 0.3) is 0 Å². The zero-order valence-electron chi connectivity index (χ0n) is 9.69. The average molecular weight is 303 g/mol. The van der Waals surface area contributed by atoms with Crippen molar-refractivity contribution in [2.45, 2.75) is 32.7 Å². The standard InChI is InChI=1S/C13H17BrClN/c1-4-5-6-10(3)16-13-8-12(15)9(2)7-11(13)14/h4,7-8,10,16H,1,5-6H2,2-3H3. The normalized spacial score (nSPS) is 12.2. The van der Waals surface area contributed by atoms with Gasteiger partial charge in [0.15, 0.2) is 0 Å². The second-order valence-corrected chi connectivity index (χ2v) is 5.25. The fraction of sp³-hybridized carbons (Fsp3) is 0.385. The summed E-state index contributed by atoms with van der Waals surface area (Å²) in [5.74, 6) is 0. The van der Waals surface area contributed by atoms with Gasteiger partial charge < -0.3 is 5.32 Å². The third-order valence-electron chi connectivity index (χ3n) is 2.45. The van der Waals surface area contributed by atoms with E-state index in [0.717, 1.165) is 33.6 Å². The van der Waals surface area contributed by atoms with Crippen LogP contribution >= 0.6 is 27.5 Å². The highest BCUT2D eigenvalue weighted by Gasteiger charge is 2.07. The maximum absolute atomic E-state index is 6.10. The number of aryl methyl sites for hydroxylation is 1. The number of halogens is 2. The zero-order valence-corrected chi connectivity index (χ0v) is 12.0. The van der Waals surface area contributed by atoms with Gasteiger partial charge in [0.05, 0.1) is 5.69 Å². The Hall–Kier alpha value is -0.470. The van der Waals surface area contributed by atoms with Gasteiger partial charge in [-0.2, -0.15) is 0 Å². The predicted octanol–water partition coefficient (Wildman–Crippen LogP) is 5.18. The van der Waals surface area contributed by atoms with Gasteiger partial charge >= 0.3 is 0 Å². The van der Waals surface area contributed by atoms with Gasteiger partial charge in [-0.1, -0.05) is 17.7 Å². The lowest BCUT2D eigenvalue weighted by molar-refractivity contribution is 0.718. The Kier molecular flexibility index (Phi) is 5.36. The molecule has 0 aliphatic heterocycles. The molecule has 0 spiro atoms. The van der Waals surface area contributed by atoms with Crippen molar-refractivity contribution in [1.29, 1.82) is 0 Å². The van der Waals surface area contributed by atoms with Gasteiger partial charge in [-0.25, -0.2) is 0 Å². The van der Waals surface area contributed by atoms with Crippen LogP contribution in [0, 0.1) is 6.92 Å². The molecule has 1 nitrogen and oxygen atoms in total. The Morgan fingerprint density at radius 1 is 1.56 bits per heavy atom. The summed E-state index contributed by atoms with van der Waals surface area (Å²) in [5.41, 5.74) is 2.13. The van der Waals surface area contributed by atoms with Crippen LogP contribution in [0.15, 0.2) is 29.3 Å². The van der Waals surface area contributed by atoms with Crippen LogP contribution in [-0.2, 0) is 0 Å². The van der Waals surface area contributed by atoms with E-state index >= 15 is 0 Å². The van der Waals surface area contributed by atoms with Gasteiger partial charge in [0, 0.05) is 15.5 Å². The smallest absolute Gasteiger partial charge is 0.0501 e. The number of allylic oxidation sites excluding steroid dienone is 1. The summed E-state index contributed by atoms with van der Waals surface area (Å²) in [6.45, 7) is 7.88. The Morgan fingerprint density at radius 3 is 2.88 bits per heavy atom. The topological polar surface area (TPSA) is 12.0 Å². The van der Waals surface area contributed by atoms with Crippen molar-refractivity contribution >= 4 is 33.2 Å². The van der Waals surface area contributed by atoms with Crippen molar-refractivity contribution < 1.29 is 0 Å². The Balaban J connectivity index is 2.73. The Labute approximate surface area is 111 Å². The highest BCUT2D eigenvalue weighted by molar-refractivity contribution is 9.10. The van der Waals surface area contributed by atoms with Crippen LogP contribution in [0.4, 0.5) is 5.69 Å². The second kappa shape index (κ2) is 6.31. The van der Waals surface area contributed by atoms with Gasteiger partial charge in [-0.15, -0.1) is 6.58 Å². The van der Waals surface area contributed by atoms with Crippen molar-refractivity contribution in [3.8, 4) is 0 Å². The minimum atomic E-state index is 0.410. The molecule has 1 rings (SSSR count). The van der Waals surface area contributed by atoms with Crippen molar-refractivity contribution in [2.75, 3.05) is 5.32 Å². The first-order chi connectivity index (χ1) is 7.54. The molecule has 0 radical (unpaired) electrons. The first kappa shape index (κ1) is 13.6. The van der Waals surface area contributed by atoms with E-state index in [1.807, 2.05) is 25.1 Å². The molecule has 1 atom stereocenters. The molecule has 1 N–H and O–H groups in total. The van der Waals surface area contributed by atoms with Crippen LogP contribution < -0.4 is 5.32 Å². The van der Waals surface area contributed by atoms with Gasteiger partial charge in [0.1, 0.15) is 0 Å². The minimum Gasteiger partial charge on any atom is -0.382 e. The van der Waals surface area contributed by atoms with E-state index < -0.39 is 0 Å². The molecule has 0 heterocycles. The lowest BCUT2D eigenvalue weighted by Gasteiger charge is -2.16. The average Bonchev–Trinajstić information content (AvgIpc) is 2.23. The van der Waals surface area contributed by atoms with E-state index in [9.17, 15) is 0 Å². The maximum Gasteiger partial charge on any atom is 0.0501 e. The van der Waals surface area contributed by atoms with Gasteiger partial charge in [-0.05, 0) is 60.3 Å². The van der Waals surface area contributed by atoms with Crippen LogP contribution in [-0.4, -0.2) is 6.04 Å². The summed E-state index contributed by atoms with van der Waals surface area (Å²) >= 11 is 9.63. The summed E-state index contributed by atoms with van der Waals surface area (Å²) in [7, 11) is 0. The van der Waals surface area contributed by atoms with Crippen LogP contribution in [0.1, 0.15) is 25.3 Å². The first-order valence-corrected chi connectivity index (χ1v) is 6.54. The van der Waals surface area contributed by atoms with Crippen molar-refractivity contribution in [3.05, 3.63) is 39.8 Å². The number of benzene rings is 1. The molecule has 1 aromatic rings.